The molecule has 0 fully saturated rings. The van der Waals surface area contributed by atoms with Crippen molar-refractivity contribution >= 4 is 16.9 Å². The fraction of sp³-hybridized carbons (Fsp3) is 0.182. The van der Waals surface area contributed by atoms with Crippen molar-refractivity contribution in [2.75, 3.05) is 11.9 Å². The fourth-order valence-electron chi connectivity index (χ4n) is 3.35. The summed E-state index contributed by atoms with van der Waals surface area (Å²) in [4.78, 5) is 14.1. The number of H-pyrrole nitrogens is 1. The molecule has 1 N–H and O–H groups in total. The Morgan fingerprint density at radius 1 is 1.04 bits per heavy atom. The van der Waals surface area contributed by atoms with Crippen LogP contribution >= 0.6 is 0 Å². The van der Waals surface area contributed by atoms with E-state index in [0.29, 0.717) is 5.65 Å². The van der Waals surface area contributed by atoms with Crippen molar-refractivity contribution in [1.82, 2.24) is 15.0 Å². The second-order valence-corrected chi connectivity index (χ2v) is 6.91. The Morgan fingerprint density at radius 3 is 2.54 bits per heavy atom. The standard InChI is InChI=1S/C22H20F2N4/c1-14-4-3-5-15(10-14)12-28(2)22-18-11-19(27-21(18)25-13-26-22)16-6-8-17(9-7-16)20(23)24/h3-11,13,20H,12H2,1-2H3,(H,25,26,27). The van der Waals surface area contributed by atoms with Gasteiger partial charge in [0.1, 0.15) is 17.8 Å². The lowest BCUT2D eigenvalue weighted by Gasteiger charge is -2.19. The molecule has 2 aromatic carbocycles. The maximum Gasteiger partial charge on any atom is 0.263 e. The molecule has 0 aliphatic carbocycles. The molecule has 0 radical (unpaired) electrons. The van der Waals surface area contributed by atoms with Gasteiger partial charge < -0.3 is 9.88 Å². The molecule has 0 amide bonds. The minimum atomic E-state index is -2.47. The highest BCUT2D eigenvalue weighted by Gasteiger charge is 2.14. The number of alkyl halides is 2. The summed E-state index contributed by atoms with van der Waals surface area (Å²) in [5, 5.41) is 0.894. The summed E-state index contributed by atoms with van der Waals surface area (Å²) in [5.41, 5.74) is 4.80. The SMILES string of the molecule is Cc1cccc(CN(C)c2ncnc3[nH]c(-c4ccc(C(F)F)cc4)cc23)c1. The van der Waals surface area contributed by atoms with Crippen LogP contribution in [0, 0.1) is 6.92 Å². The second kappa shape index (κ2) is 7.38. The average molecular weight is 378 g/mol. The summed E-state index contributed by atoms with van der Waals surface area (Å²) in [6, 6.07) is 16.6. The molecule has 0 aliphatic rings. The third-order valence-electron chi connectivity index (χ3n) is 4.74. The molecule has 6 heteroatoms. The van der Waals surface area contributed by atoms with Gasteiger partial charge in [0.05, 0.1) is 5.39 Å². The third kappa shape index (κ3) is 3.58. The van der Waals surface area contributed by atoms with E-state index >= 15 is 0 Å². The van der Waals surface area contributed by atoms with E-state index in [1.54, 1.807) is 12.1 Å². The minimum absolute atomic E-state index is 0.0122. The molecule has 4 nitrogen and oxygen atoms in total. The Hall–Kier alpha value is -3.28. The number of anilines is 1. The van der Waals surface area contributed by atoms with Gasteiger partial charge in [-0.25, -0.2) is 18.7 Å². The van der Waals surface area contributed by atoms with Crippen LogP contribution in [-0.2, 0) is 6.54 Å². The van der Waals surface area contributed by atoms with E-state index in [1.807, 2.05) is 19.2 Å². The smallest absolute Gasteiger partial charge is 0.263 e. The number of aromatic amines is 1. The first kappa shape index (κ1) is 18.1. The molecule has 142 valence electrons. The third-order valence-corrected chi connectivity index (χ3v) is 4.74. The van der Waals surface area contributed by atoms with Gasteiger partial charge in [0.15, 0.2) is 0 Å². The van der Waals surface area contributed by atoms with Crippen molar-refractivity contribution in [1.29, 1.82) is 0 Å². The van der Waals surface area contributed by atoms with Gasteiger partial charge in [-0.1, -0.05) is 54.1 Å². The van der Waals surface area contributed by atoms with Gasteiger partial charge in [0, 0.05) is 24.8 Å². The molecular formula is C22H20F2N4. The van der Waals surface area contributed by atoms with Gasteiger partial charge in [0.2, 0.25) is 0 Å². The van der Waals surface area contributed by atoms with Gasteiger partial charge in [-0.3, -0.25) is 0 Å². The zero-order valence-electron chi connectivity index (χ0n) is 15.7. The summed E-state index contributed by atoms with van der Waals surface area (Å²) in [6.07, 6.45) is -0.936. The van der Waals surface area contributed by atoms with Gasteiger partial charge in [0.25, 0.3) is 6.43 Å². The van der Waals surface area contributed by atoms with Crippen molar-refractivity contribution in [2.24, 2.45) is 0 Å². The summed E-state index contributed by atoms with van der Waals surface area (Å²) in [6.45, 7) is 2.79. The van der Waals surface area contributed by atoms with E-state index in [-0.39, 0.29) is 5.56 Å². The molecule has 0 saturated heterocycles. The maximum atomic E-state index is 12.8. The van der Waals surface area contributed by atoms with E-state index in [2.05, 4.69) is 45.0 Å². The number of nitrogens with one attached hydrogen (secondary N) is 1. The zero-order chi connectivity index (χ0) is 19.7. The quantitative estimate of drug-likeness (QED) is 0.498. The van der Waals surface area contributed by atoms with Crippen LogP contribution in [0.5, 0.6) is 0 Å². The highest BCUT2D eigenvalue weighted by Crippen LogP contribution is 2.30. The van der Waals surface area contributed by atoms with Gasteiger partial charge in [-0.2, -0.15) is 0 Å². The molecule has 0 saturated carbocycles. The summed E-state index contributed by atoms with van der Waals surface area (Å²) in [7, 11) is 1.99. The monoisotopic (exact) mass is 378 g/mol. The molecule has 2 heterocycles. The predicted molar refractivity (Wildman–Crippen MR) is 108 cm³/mol. The summed E-state index contributed by atoms with van der Waals surface area (Å²) >= 11 is 0. The van der Waals surface area contributed by atoms with Gasteiger partial charge in [-0.05, 0) is 24.1 Å². The molecule has 0 aliphatic heterocycles. The van der Waals surface area contributed by atoms with Gasteiger partial charge in [-0.15, -0.1) is 0 Å². The van der Waals surface area contributed by atoms with Gasteiger partial charge >= 0.3 is 0 Å². The van der Waals surface area contributed by atoms with Crippen LogP contribution < -0.4 is 4.90 Å². The van der Waals surface area contributed by atoms with E-state index in [1.165, 1.54) is 29.6 Å². The van der Waals surface area contributed by atoms with Crippen molar-refractivity contribution in [3.05, 3.63) is 77.6 Å². The first-order chi connectivity index (χ1) is 13.5. The number of benzene rings is 2. The number of nitrogens with zero attached hydrogens (tertiary/aromatic N) is 3. The Labute approximate surface area is 161 Å². The predicted octanol–water partition coefficient (Wildman–Crippen LogP) is 5.51. The minimum Gasteiger partial charge on any atom is -0.355 e. The lowest BCUT2D eigenvalue weighted by atomic mass is 10.1. The zero-order valence-corrected chi connectivity index (χ0v) is 15.7. The lowest BCUT2D eigenvalue weighted by molar-refractivity contribution is 0.151. The fourth-order valence-corrected chi connectivity index (χ4v) is 3.35. The van der Waals surface area contributed by atoms with Crippen molar-refractivity contribution in [2.45, 2.75) is 19.9 Å². The van der Waals surface area contributed by atoms with Crippen molar-refractivity contribution in [3.63, 3.8) is 0 Å². The first-order valence-corrected chi connectivity index (χ1v) is 9.00. The molecule has 4 aromatic rings. The number of fused-ring (bicyclic) bond motifs is 1. The number of hydrogen-bond donors (Lipinski definition) is 1. The molecule has 0 atom stereocenters. The number of aryl methyl sites for hydroxylation is 1. The van der Waals surface area contributed by atoms with E-state index in [0.717, 1.165) is 29.0 Å². The summed E-state index contributed by atoms with van der Waals surface area (Å²) in [5.74, 6) is 0.818. The van der Waals surface area contributed by atoms with Crippen molar-refractivity contribution in [3.8, 4) is 11.3 Å². The van der Waals surface area contributed by atoms with E-state index in [4.69, 9.17) is 0 Å². The van der Waals surface area contributed by atoms with Crippen LogP contribution in [0.3, 0.4) is 0 Å². The Bertz CT molecular complexity index is 1100. The average Bonchev–Trinajstić information content (AvgIpc) is 3.12. The summed E-state index contributed by atoms with van der Waals surface area (Å²) < 4.78 is 25.6. The number of halogens is 2. The lowest BCUT2D eigenvalue weighted by Crippen LogP contribution is -2.18. The van der Waals surface area contributed by atoms with E-state index < -0.39 is 6.43 Å². The van der Waals surface area contributed by atoms with E-state index in [9.17, 15) is 8.78 Å². The van der Waals surface area contributed by atoms with Crippen LogP contribution in [0.4, 0.5) is 14.6 Å². The Balaban J connectivity index is 1.67. The van der Waals surface area contributed by atoms with Crippen molar-refractivity contribution < 1.29 is 8.78 Å². The Morgan fingerprint density at radius 2 is 1.82 bits per heavy atom. The topological polar surface area (TPSA) is 44.8 Å². The van der Waals surface area contributed by atoms with Crippen LogP contribution in [-0.4, -0.2) is 22.0 Å². The molecule has 4 rings (SSSR count). The van der Waals surface area contributed by atoms with Crippen LogP contribution in [0.1, 0.15) is 23.1 Å². The molecular weight excluding hydrogens is 358 g/mol. The largest absolute Gasteiger partial charge is 0.355 e. The van der Waals surface area contributed by atoms with Crippen LogP contribution in [0.25, 0.3) is 22.3 Å². The number of aromatic nitrogens is 3. The number of hydrogen-bond acceptors (Lipinski definition) is 3. The normalized spacial score (nSPS) is 11.3. The maximum absolute atomic E-state index is 12.8. The highest BCUT2D eigenvalue weighted by molar-refractivity contribution is 5.91. The van der Waals surface area contributed by atoms with Crippen LogP contribution in [0.2, 0.25) is 0 Å². The molecule has 2 aromatic heterocycles. The molecule has 0 unspecified atom stereocenters. The first-order valence-electron chi connectivity index (χ1n) is 9.00. The molecule has 0 spiro atoms. The Kier molecular flexibility index (Phi) is 4.77. The second-order valence-electron chi connectivity index (χ2n) is 6.91. The highest BCUT2D eigenvalue weighted by atomic mass is 19.3. The molecule has 0 bridgehead atoms. The van der Waals surface area contributed by atoms with Crippen LogP contribution in [0.15, 0.2) is 60.9 Å². The number of rotatable bonds is 5. The molecule has 28 heavy (non-hydrogen) atoms.